The van der Waals surface area contributed by atoms with Crippen molar-refractivity contribution in [2.75, 3.05) is 26.2 Å². The summed E-state index contributed by atoms with van der Waals surface area (Å²) in [6.07, 6.45) is 43.9. The van der Waals surface area contributed by atoms with Crippen LogP contribution in [-0.4, -0.2) is 26.2 Å². The van der Waals surface area contributed by atoms with Crippen LogP contribution < -0.4 is 16.8 Å². The number of rotatable bonds is 17. The highest BCUT2D eigenvalue weighted by atomic mass is 14.8. The van der Waals surface area contributed by atoms with E-state index in [1.165, 1.54) is 48.0 Å². The minimum atomic E-state index is 0.361. The lowest BCUT2D eigenvalue weighted by molar-refractivity contribution is 0.172. The summed E-state index contributed by atoms with van der Waals surface area (Å²) >= 11 is 0. The molecule has 4 aliphatic carbocycles. The Morgan fingerprint density at radius 2 is 1.91 bits per heavy atom. The van der Waals surface area contributed by atoms with Crippen LogP contribution in [0.25, 0.3) is 0 Å². The van der Waals surface area contributed by atoms with Gasteiger partial charge in [0, 0.05) is 38.0 Å². The molecular formula is C43H61N3. The molecule has 0 saturated carbocycles. The Morgan fingerprint density at radius 1 is 1.04 bits per heavy atom. The predicted octanol–water partition coefficient (Wildman–Crippen LogP) is 9.25. The lowest BCUT2D eigenvalue weighted by Gasteiger charge is -2.44. The van der Waals surface area contributed by atoms with Crippen LogP contribution in [0.5, 0.6) is 0 Å². The topological polar surface area (TPSA) is 64.1 Å². The van der Waals surface area contributed by atoms with Gasteiger partial charge in [-0.25, -0.2) is 0 Å². The number of hydrogen-bond acceptors (Lipinski definition) is 3. The van der Waals surface area contributed by atoms with Crippen molar-refractivity contribution in [2.24, 2.45) is 52.9 Å². The number of nitrogens with two attached hydrogens (primary N) is 2. The van der Waals surface area contributed by atoms with Crippen molar-refractivity contribution in [3.05, 3.63) is 132 Å². The Balaban J connectivity index is 1.40. The molecule has 5 N–H and O–H groups in total. The fourth-order valence-electron chi connectivity index (χ4n) is 8.15. The van der Waals surface area contributed by atoms with Crippen molar-refractivity contribution in [3.63, 3.8) is 0 Å². The molecule has 0 heterocycles. The van der Waals surface area contributed by atoms with E-state index < -0.39 is 0 Å². The van der Waals surface area contributed by atoms with E-state index >= 15 is 0 Å². The maximum absolute atomic E-state index is 6.03. The molecule has 0 bridgehead atoms. The highest BCUT2D eigenvalue weighted by Gasteiger charge is 2.39. The van der Waals surface area contributed by atoms with E-state index in [0.29, 0.717) is 54.5 Å². The lowest BCUT2D eigenvalue weighted by atomic mass is 9.61. The third-order valence-electron chi connectivity index (χ3n) is 10.8. The van der Waals surface area contributed by atoms with Crippen LogP contribution in [0, 0.1) is 41.4 Å². The standard InChI is InChI=1S/C43H61N3/c1-5-34-15-7-8-16-36(34)19-13-29-46-31-39(35(6-2)26-28-45)23-22-33(4)40-24-25-41(43-21-10-9-20-42(40)43)38-18-11-17-37(30-38)32(3)14-12-27-44/h5,7,10-15,18-19,21,24-26,30,33,37,39-43,46H,1,3,6,8-9,16-17,20,22-23,27-29,31,44-45H2,2,4H3/b14-12-,19-13-,35-26+. The lowest BCUT2D eigenvalue weighted by Crippen LogP contribution is -2.36. The van der Waals surface area contributed by atoms with Gasteiger partial charge >= 0.3 is 0 Å². The zero-order valence-corrected chi connectivity index (χ0v) is 28.8. The average Bonchev–Trinajstić information content (AvgIpc) is 3.10. The molecule has 0 aliphatic heterocycles. The molecule has 4 rings (SSSR count). The average molecular weight is 620 g/mol. The van der Waals surface area contributed by atoms with Gasteiger partial charge in [-0.2, -0.15) is 0 Å². The second kappa shape index (κ2) is 19.0. The normalized spacial score (nSPS) is 27.7. The van der Waals surface area contributed by atoms with Gasteiger partial charge in [0.25, 0.3) is 0 Å². The molecule has 46 heavy (non-hydrogen) atoms. The first-order valence-corrected chi connectivity index (χ1v) is 18.1. The van der Waals surface area contributed by atoms with Gasteiger partial charge in [0.1, 0.15) is 0 Å². The van der Waals surface area contributed by atoms with Crippen molar-refractivity contribution >= 4 is 0 Å². The van der Waals surface area contributed by atoms with Crippen molar-refractivity contribution in [3.8, 4) is 0 Å². The second-order valence-electron chi connectivity index (χ2n) is 13.7. The molecule has 7 unspecified atom stereocenters. The maximum atomic E-state index is 6.03. The fraction of sp³-hybridized carbons (Fsp3) is 0.488. The summed E-state index contributed by atoms with van der Waals surface area (Å²) in [5, 5.41) is 3.76. The van der Waals surface area contributed by atoms with E-state index in [-0.39, 0.29) is 0 Å². The van der Waals surface area contributed by atoms with Gasteiger partial charge in [-0.15, -0.1) is 0 Å². The Labute approximate surface area is 281 Å². The van der Waals surface area contributed by atoms with Crippen molar-refractivity contribution in [2.45, 2.75) is 65.2 Å². The molecule has 4 aliphatic rings. The molecule has 0 saturated heterocycles. The van der Waals surface area contributed by atoms with Crippen LogP contribution in [0.2, 0.25) is 0 Å². The molecule has 0 spiro atoms. The quantitative estimate of drug-likeness (QED) is 0.0864. The van der Waals surface area contributed by atoms with Crippen LogP contribution in [0.4, 0.5) is 0 Å². The predicted molar refractivity (Wildman–Crippen MR) is 201 cm³/mol. The van der Waals surface area contributed by atoms with E-state index in [4.69, 9.17) is 11.5 Å². The van der Waals surface area contributed by atoms with Gasteiger partial charge in [-0.05, 0) is 103 Å². The fourth-order valence-corrected chi connectivity index (χ4v) is 8.15. The first-order chi connectivity index (χ1) is 22.5. The number of nitrogens with one attached hydrogen (secondary N) is 1. The molecular weight excluding hydrogens is 558 g/mol. The van der Waals surface area contributed by atoms with E-state index in [2.05, 4.69) is 111 Å². The molecule has 3 heteroatoms. The summed E-state index contributed by atoms with van der Waals surface area (Å²) in [7, 11) is 0. The van der Waals surface area contributed by atoms with Crippen molar-refractivity contribution < 1.29 is 0 Å². The highest BCUT2D eigenvalue weighted by Crippen LogP contribution is 2.48. The smallest absolute Gasteiger partial charge is 0.0138 e. The molecule has 0 aromatic rings. The first-order valence-electron chi connectivity index (χ1n) is 18.1. The van der Waals surface area contributed by atoms with E-state index in [1.807, 2.05) is 12.2 Å². The van der Waals surface area contributed by atoms with Crippen LogP contribution in [0.3, 0.4) is 0 Å². The monoisotopic (exact) mass is 619 g/mol. The first kappa shape index (κ1) is 35.9. The Bertz CT molecular complexity index is 1290. The minimum absolute atomic E-state index is 0.361. The Kier molecular flexibility index (Phi) is 14.8. The van der Waals surface area contributed by atoms with Gasteiger partial charge in [-0.3, -0.25) is 0 Å². The van der Waals surface area contributed by atoms with Crippen molar-refractivity contribution in [1.29, 1.82) is 0 Å². The van der Waals surface area contributed by atoms with Crippen LogP contribution in [0.15, 0.2) is 132 Å². The summed E-state index contributed by atoms with van der Waals surface area (Å²) in [6.45, 7) is 16.2. The zero-order chi connectivity index (χ0) is 32.7. The van der Waals surface area contributed by atoms with E-state index in [1.54, 1.807) is 0 Å². The molecule has 0 fully saturated rings. The minimum Gasteiger partial charge on any atom is -0.327 e. The summed E-state index contributed by atoms with van der Waals surface area (Å²) < 4.78 is 0. The van der Waals surface area contributed by atoms with Gasteiger partial charge in [0.05, 0.1) is 0 Å². The van der Waals surface area contributed by atoms with Gasteiger partial charge in [-0.1, -0.05) is 124 Å². The van der Waals surface area contributed by atoms with Gasteiger partial charge in [0.15, 0.2) is 0 Å². The van der Waals surface area contributed by atoms with E-state index in [9.17, 15) is 0 Å². The maximum Gasteiger partial charge on any atom is 0.0138 e. The van der Waals surface area contributed by atoms with Gasteiger partial charge in [0.2, 0.25) is 0 Å². The Hall–Kier alpha value is -2.98. The summed E-state index contributed by atoms with van der Waals surface area (Å²) in [5.41, 5.74) is 18.5. The molecule has 0 aromatic heterocycles. The Morgan fingerprint density at radius 3 is 2.70 bits per heavy atom. The third kappa shape index (κ3) is 9.77. The van der Waals surface area contributed by atoms with E-state index in [0.717, 1.165) is 44.3 Å². The molecule has 0 aromatic carbocycles. The SMILES string of the molecule is C=CC1=C(/C=C\CNCC(CCC(C)C2C=CC(C3=CC(C(=C)/C=C\CN)CC=C3)C3C=CCCC23)/C(=C/CN)CC)CCC=C1. The van der Waals surface area contributed by atoms with Gasteiger partial charge < -0.3 is 16.8 Å². The molecule has 3 nitrogen and oxygen atoms in total. The summed E-state index contributed by atoms with van der Waals surface area (Å²) in [6, 6.07) is 0. The molecule has 7 atom stereocenters. The zero-order valence-electron chi connectivity index (χ0n) is 28.8. The summed E-state index contributed by atoms with van der Waals surface area (Å²) in [5.74, 6) is 3.85. The third-order valence-corrected chi connectivity index (χ3v) is 10.8. The van der Waals surface area contributed by atoms with Crippen LogP contribution in [0.1, 0.15) is 65.2 Å². The summed E-state index contributed by atoms with van der Waals surface area (Å²) in [4.78, 5) is 0. The highest BCUT2D eigenvalue weighted by molar-refractivity contribution is 5.42. The second-order valence-corrected chi connectivity index (χ2v) is 13.7. The van der Waals surface area contributed by atoms with Crippen molar-refractivity contribution in [1.82, 2.24) is 5.32 Å². The van der Waals surface area contributed by atoms with Crippen LogP contribution >= 0.6 is 0 Å². The molecule has 0 radical (unpaired) electrons. The molecule has 248 valence electrons. The largest absolute Gasteiger partial charge is 0.327 e. The number of hydrogen-bond donors (Lipinski definition) is 3. The number of allylic oxidation sites excluding steroid dienone is 16. The number of fused-ring (bicyclic) bond motifs is 1. The van der Waals surface area contributed by atoms with Crippen LogP contribution in [-0.2, 0) is 0 Å². The molecule has 0 amide bonds.